The van der Waals surface area contributed by atoms with Crippen molar-refractivity contribution in [3.05, 3.63) is 28.8 Å². The van der Waals surface area contributed by atoms with E-state index in [1.54, 1.807) is 0 Å². The highest BCUT2D eigenvalue weighted by Gasteiger charge is 2.09. The molecule has 1 aromatic rings. The van der Waals surface area contributed by atoms with Crippen LogP contribution < -0.4 is 0 Å². The Kier molecular flexibility index (Phi) is 9.16. The van der Waals surface area contributed by atoms with E-state index in [0.717, 1.165) is 42.4 Å². The molecule has 2 N–H and O–H groups in total. The first-order valence-electron chi connectivity index (χ1n) is 8.67. The summed E-state index contributed by atoms with van der Waals surface area (Å²) in [6, 6.07) is 3.94. The van der Waals surface area contributed by atoms with Crippen LogP contribution in [0.1, 0.15) is 81.9 Å². The van der Waals surface area contributed by atoms with E-state index in [2.05, 4.69) is 13.8 Å². The summed E-state index contributed by atoms with van der Waals surface area (Å²) >= 11 is 0. The fourth-order valence-electron chi connectivity index (χ4n) is 2.79. The molecule has 0 spiro atoms. The van der Waals surface area contributed by atoms with Gasteiger partial charge in [-0.05, 0) is 54.5 Å². The molecule has 2 nitrogen and oxygen atoms in total. The zero-order valence-electron chi connectivity index (χ0n) is 13.8. The molecule has 0 fully saturated rings. The van der Waals surface area contributed by atoms with Gasteiger partial charge in [-0.25, -0.2) is 0 Å². The van der Waals surface area contributed by atoms with Crippen LogP contribution in [-0.2, 0) is 19.4 Å². The van der Waals surface area contributed by atoms with Crippen molar-refractivity contribution in [2.75, 3.05) is 0 Å². The van der Waals surface area contributed by atoms with Gasteiger partial charge in [0.1, 0.15) is 5.75 Å². The molecule has 0 amide bonds. The number of hydrogen-bond donors (Lipinski definition) is 2. The fourth-order valence-corrected chi connectivity index (χ4v) is 2.79. The first-order chi connectivity index (χ1) is 10.2. The van der Waals surface area contributed by atoms with Crippen LogP contribution in [0.2, 0.25) is 0 Å². The van der Waals surface area contributed by atoms with Crippen molar-refractivity contribution < 1.29 is 10.2 Å². The van der Waals surface area contributed by atoms with Gasteiger partial charge in [0.25, 0.3) is 0 Å². The predicted octanol–water partition coefficient (Wildman–Crippen LogP) is 5.13. The second-order valence-electron chi connectivity index (χ2n) is 6.04. The van der Waals surface area contributed by atoms with E-state index in [1.165, 1.54) is 38.5 Å². The van der Waals surface area contributed by atoms with Crippen LogP contribution >= 0.6 is 0 Å². The van der Waals surface area contributed by atoms with Crippen LogP contribution in [0.4, 0.5) is 0 Å². The summed E-state index contributed by atoms with van der Waals surface area (Å²) in [6.45, 7) is 4.47. The van der Waals surface area contributed by atoms with E-state index < -0.39 is 0 Å². The molecule has 1 aromatic carbocycles. The third-order valence-corrected chi connectivity index (χ3v) is 4.11. The molecule has 2 heteroatoms. The molecule has 0 heterocycles. The number of aryl methyl sites for hydroxylation is 2. The second-order valence-corrected chi connectivity index (χ2v) is 6.04. The average Bonchev–Trinajstić information content (AvgIpc) is 2.50. The van der Waals surface area contributed by atoms with E-state index in [0.29, 0.717) is 5.75 Å². The number of hydrogen-bond acceptors (Lipinski definition) is 2. The molecular weight excluding hydrogens is 260 g/mol. The Labute approximate surface area is 130 Å². The molecule has 1 rings (SSSR count). The highest BCUT2D eigenvalue weighted by Crippen LogP contribution is 2.28. The number of benzene rings is 1. The number of aliphatic hydroxyl groups excluding tert-OH is 1. The van der Waals surface area contributed by atoms with Gasteiger partial charge in [0.05, 0.1) is 6.61 Å². The Morgan fingerprint density at radius 2 is 1.24 bits per heavy atom. The van der Waals surface area contributed by atoms with Crippen LogP contribution in [0.25, 0.3) is 0 Å². The molecule has 0 aliphatic carbocycles. The molecule has 0 aromatic heterocycles. The van der Waals surface area contributed by atoms with Crippen molar-refractivity contribution in [1.29, 1.82) is 0 Å². The lowest BCUT2D eigenvalue weighted by Crippen LogP contribution is -1.97. The molecule has 0 unspecified atom stereocenters. The summed E-state index contributed by atoms with van der Waals surface area (Å²) in [7, 11) is 0. The van der Waals surface area contributed by atoms with Crippen molar-refractivity contribution in [2.24, 2.45) is 0 Å². The Morgan fingerprint density at radius 3 is 1.62 bits per heavy atom. The molecule has 21 heavy (non-hydrogen) atoms. The Bertz CT molecular complexity index is 366. The zero-order chi connectivity index (χ0) is 15.5. The smallest absolute Gasteiger partial charge is 0.121 e. The summed E-state index contributed by atoms with van der Waals surface area (Å²) in [6.07, 6.45) is 11.5. The van der Waals surface area contributed by atoms with Gasteiger partial charge in [-0.2, -0.15) is 0 Å². The SMILES string of the molecule is CCCCCCc1cc(CO)cc(CCCCCC)c1O. The molecule has 0 saturated heterocycles. The summed E-state index contributed by atoms with van der Waals surface area (Å²) < 4.78 is 0. The third-order valence-electron chi connectivity index (χ3n) is 4.11. The first-order valence-corrected chi connectivity index (χ1v) is 8.67. The summed E-state index contributed by atoms with van der Waals surface area (Å²) in [5.74, 6) is 0.472. The maximum absolute atomic E-state index is 10.4. The number of rotatable bonds is 11. The van der Waals surface area contributed by atoms with Gasteiger partial charge in [0.15, 0.2) is 0 Å². The van der Waals surface area contributed by atoms with Gasteiger partial charge in [-0.15, -0.1) is 0 Å². The summed E-state index contributed by atoms with van der Waals surface area (Å²) in [4.78, 5) is 0. The summed E-state index contributed by atoms with van der Waals surface area (Å²) in [5.41, 5.74) is 2.97. The van der Waals surface area contributed by atoms with Crippen molar-refractivity contribution in [2.45, 2.75) is 84.7 Å². The number of phenols is 1. The minimum absolute atomic E-state index is 0.0597. The standard InChI is InChI=1S/C19H32O2/c1-3-5-7-9-11-17-13-16(15-20)14-18(19(17)21)12-10-8-6-4-2/h13-14,20-21H,3-12,15H2,1-2H3. The van der Waals surface area contributed by atoms with E-state index >= 15 is 0 Å². The maximum Gasteiger partial charge on any atom is 0.121 e. The Hall–Kier alpha value is -1.02. The molecule has 0 aliphatic heterocycles. The number of unbranched alkanes of at least 4 members (excludes halogenated alkanes) is 6. The van der Waals surface area contributed by atoms with Crippen molar-refractivity contribution in [3.8, 4) is 5.75 Å². The average molecular weight is 292 g/mol. The van der Waals surface area contributed by atoms with E-state index in [4.69, 9.17) is 0 Å². The molecule has 120 valence electrons. The van der Waals surface area contributed by atoms with Crippen molar-refractivity contribution in [1.82, 2.24) is 0 Å². The minimum atomic E-state index is 0.0597. The van der Waals surface area contributed by atoms with Crippen LogP contribution in [0.15, 0.2) is 12.1 Å². The topological polar surface area (TPSA) is 40.5 Å². The lowest BCUT2D eigenvalue weighted by Gasteiger charge is -2.12. The Morgan fingerprint density at radius 1 is 0.762 bits per heavy atom. The quantitative estimate of drug-likeness (QED) is 0.555. The van der Waals surface area contributed by atoms with Gasteiger partial charge >= 0.3 is 0 Å². The largest absolute Gasteiger partial charge is 0.507 e. The van der Waals surface area contributed by atoms with E-state index in [-0.39, 0.29) is 6.61 Å². The zero-order valence-corrected chi connectivity index (χ0v) is 13.8. The first kappa shape index (κ1) is 18.0. The predicted molar refractivity (Wildman–Crippen MR) is 89.7 cm³/mol. The van der Waals surface area contributed by atoms with Gasteiger partial charge < -0.3 is 10.2 Å². The summed E-state index contributed by atoms with van der Waals surface area (Å²) in [5, 5.41) is 19.9. The van der Waals surface area contributed by atoms with Crippen LogP contribution in [0, 0.1) is 0 Å². The Balaban J connectivity index is 2.68. The normalized spacial score (nSPS) is 11.0. The van der Waals surface area contributed by atoms with E-state index in [9.17, 15) is 10.2 Å². The van der Waals surface area contributed by atoms with Gasteiger partial charge in [-0.3, -0.25) is 0 Å². The number of aliphatic hydroxyl groups is 1. The van der Waals surface area contributed by atoms with Crippen LogP contribution in [0.5, 0.6) is 5.75 Å². The molecule has 0 aliphatic rings. The highest BCUT2D eigenvalue weighted by molar-refractivity contribution is 5.44. The fraction of sp³-hybridized carbons (Fsp3) is 0.684. The van der Waals surface area contributed by atoms with Gasteiger partial charge in [0, 0.05) is 0 Å². The molecule has 0 bridgehead atoms. The van der Waals surface area contributed by atoms with E-state index in [1.807, 2.05) is 12.1 Å². The number of phenolic OH excluding ortho intramolecular Hbond substituents is 1. The lowest BCUT2D eigenvalue weighted by atomic mass is 9.96. The minimum Gasteiger partial charge on any atom is -0.507 e. The monoisotopic (exact) mass is 292 g/mol. The van der Waals surface area contributed by atoms with Gasteiger partial charge in [-0.1, -0.05) is 52.4 Å². The maximum atomic E-state index is 10.4. The van der Waals surface area contributed by atoms with Gasteiger partial charge in [0.2, 0.25) is 0 Å². The molecule has 0 atom stereocenters. The molecule has 0 saturated carbocycles. The third kappa shape index (κ3) is 6.52. The second kappa shape index (κ2) is 10.7. The lowest BCUT2D eigenvalue weighted by molar-refractivity contribution is 0.281. The number of aromatic hydroxyl groups is 1. The highest BCUT2D eigenvalue weighted by atomic mass is 16.3. The van der Waals surface area contributed by atoms with Crippen LogP contribution in [-0.4, -0.2) is 10.2 Å². The molecular formula is C19H32O2. The van der Waals surface area contributed by atoms with Crippen molar-refractivity contribution >= 4 is 0 Å². The van der Waals surface area contributed by atoms with Crippen molar-refractivity contribution in [3.63, 3.8) is 0 Å². The van der Waals surface area contributed by atoms with Crippen LogP contribution in [0.3, 0.4) is 0 Å². The molecule has 0 radical (unpaired) electrons.